The van der Waals surface area contributed by atoms with Gasteiger partial charge in [0.1, 0.15) is 6.29 Å². The molecule has 118 valence electrons. The number of morpholine rings is 1. The van der Waals surface area contributed by atoms with Gasteiger partial charge < -0.3 is 9.64 Å². The largest absolute Gasteiger partial charge is 0.378 e. The summed E-state index contributed by atoms with van der Waals surface area (Å²) in [4.78, 5) is 28.1. The van der Waals surface area contributed by atoms with Crippen LogP contribution in [0.15, 0.2) is 36.5 Å². The van der Waals surface area contributed by atoms with Gasteiger partial charge in [-0.15, -0.1) is 0 Å². The normalized spacial score (nSPS) is 14.5. The highest BCUT2D eigenvalue weighted by Gasteiger charge is 2.20. The van der Waals surface area contributed by atoms with Crippen molar-refractivity contribution < 1.29 is 14.5 Å². The van der Waals surface area contributed by atoms with Crippen molar-refractivity contribution in [3.63, 3.8) is 0 Å². The fourth-order valence-corrected chi connectivity index (χ4v) is 2.57. The zero-order valence-corrected chi connectivity index (χ0v) is 12.3. The molecule has 0 amide bonds. The maximum Gasteiger partial charge on any atom is 0.278 e. The van der Waals surface area contributed by atoms with Gasteiger partial charge in [-0.3, -0.25) is 19.9 Å². The third-order valence-corrected chi connectivity index (χ3v) is 3.75. The molecule has 2 aromatic rings. The number of carbonyl (C=O) groups is 1. The summed E-state index contributed by atoms with van der Waals surface area (Å²) in [5.74, 6) is 0. The van der Waals surface area contributed by atoms with Gasteiger partial charge in [-0.2, -0.15) is 0 Å². The van der Waals surface area contributed by atoms with Crippen molar-refractivity contribution >= 4 is 17.7 Å². The third kappa shape index (κ3) is 3.19. The predicted octanol–water partition coefficient (Wildman–Crippen LogP) is 2.31. The first kappa shape index (κ1) is 15.1. The second-order valence-corrected chi connectivity index (χ2v) is 5.15. The number of rotatable bonds is 4. The molecule has 0 atom stereocenters. The molecule has 7 nitrogen and oxygen atoms in total. The molecule has 1 aliphatic rings. The first-order chi connectivity index (χ1) is 11.2. The molecule has 0 unspecified atom stereocenters. The predicted molar refractivity (Wildman–Crippen MR) is 84.7 cm³/mol. The van der Waals surface area contributed by atoms with Gasteiger partial charge in [0.25, 0.3) is 5.69 Å². The van der Waals surface area contributed by atoms with Crippen LogP contribution in [0.3, 0.4) is 0 Å². The molecular weight excluding hydrogens is 298 g/mol. The molecule has 0 spiro atoms. The Hall–Kier alpha value is -2.80. The minimum Gasteiger partial charge on any atom is -0.378 e. The van der Waals surface area contributed by atoms with E-state index >= 15 is 0 Å². The molecule has 7 heteroatoms. The van der Waals surface area contributed by atoms with Gasteiger partial charge in [0.05, 0.1) is 29.4 Å². The van der Waals surface area contributed by atoms with Crippen molar-refractivity contribution in [2.24, 2.45) is 0 Å². The third-order valence-electron chi connectivity index (χ3n) is 3.75. The van der Waals surface area contributed by atoms with Gasteiger partial charge >= 0.3 is 0 Å². The molecule has 1 fully saturated rings. The standard InChI is InChI=1S/C16H15N3O4/c20-11-12-3-4-17-15(9-12)14-10-13(1-2-16(14)19(21)22)18-5-7-23-8-6-18/h1-4,9-11H,5-8H2. The van der Waals surface area contributed by atoms with E-state index in [9.17, 15) is 14.9 Å². The summed E-state index contributed by atoms with van der Waals surface area (Å²) in [6, 6.07) is 8.08. The first-order valence-corrected chi connectivity index (χ1v) is 7.22. The monoisotopic (exact) mass is 313 g/mol. The van der Waals surface area contributed by atoms with Crippen LogP contribution < -0.4 is 4.90 Å². The maximum atomic E-state index is 11.3. The lowest BCUT2D eigenvalue weighted by Gasteiger charge is -2.29. The molecule has 3 rings (SSSR count). The highest BCUT2D eigenvalue weighted by molar-refractivity contribution is 5.81. The van der Waals surface area contributed by atoms with Gasteiger partial charge in [-0.1, -0.05) is 0 Å². The number of anilines is 1. The highest BCUT2D eigenvalue weighted by atomic mass is 16.6. The molecule has 0 bridgehead atoms. The number of hydrogen-bond acceptors (Lipinski definition) is 6. The summed E-state index contributed by atoms with van der Waals surface area (Å²) >= 11 is 0. The quantitative estimate of drug-likeness (QED) is 0.489. The summed E-state index contributed by atoms with van der Waals surface area (Å²) in [6.45, 7) is 2.73. The van der Waals surface area contributed by atoms with Gasteiger partial charge in [0, 0.05) is 36.6 Å². The average molecular weight is 313 g/mol. The number of pyridine rings is 1. The summed E-state index contributed by atoms with van der Waals surface area (Å²) in [6.07, 6.45) is 2.17. The van der Waals surface area contributed by atoms with Gasteiger partial charge in [-0.05, 0) is 24.3 Å². The van der Waals surface area contributed by atoms with Crippen LogP contribution in [0.4, 0.5) is 11.4 Å². The van der Waals surface area contributed by atoms with Gasteiger partial charge in [0.15, 0.2) is 0 Å². The number of aromatic nitrogens is 1. The Labute approximate surface area is 132 Å². The van der Waals surface area contributed by atoms with Crippen LogP contribution in [0.25, 0.3) is 11.3 Å². The van der Waals surface area contributed by atoms with Crippen molar-refractivity contribution in [3.05, 3.63) is 52.2 Å². The van der Waals surface area contributed by atoms with E-state index in [1.165, 1.54) is 12.3 Å². The fourth-order valence-electron chi connectivity index (χ4n) is 2.57. The van der Waals surface area contributed by atoms with Crippen molar-refractivity contribution in [2.45, 2.75) is 0 Å². The van der Waals surface area contributed by atoms with Gasteiger partial charge in [-0.25, -0.2) is 0 Å². The Morgan fingerprint density at radius 1 is 1.22 bits per heavy atom. The van der Waals surface area contributed by atoms with Crippen LogP contribution >= 0.6 is 0 Å². The lowest BCUT2D eigenvalue weighted by molar-refractivity contribution is -0.384. The fraction of sp³-hybridized carbons (Fsp3) is 0.250. The second-order valence-electron chi connectivity index (χ2n) is 5.15. The molecule has 0 N–H and O–H groups in total. The van der Waals surface area contributed by atoms with E-state index in [4.69, 9.17) is 4.74 Å². The summed E-state index contributed by atoms with van der Waals surface area (Å²) in [5.41, 5.74) is 2.10. The first-order valence-electron chi connectivity index (χ1n) is 7.22. The molecule has 2 heterocycles. The smallest absolute Gasteiger partial charge is 0.278 e. The minimum atomic E-state index is -0.437. The Morgan fingerprint density at radius 2 is 2.00 bits per heavy atom. The molecule has 0 radical (unpaired) electrons. The Kier molecular flexibility index (Phi) is 4.29. The van der Waals surface area contributed by atoms with E-state index < -0.39 is 4.92 Å². The van der Waals surface area contributed by atoms with Crippen molar-refractivity contribution in [1.29, 1.82) is 0 Å². The second kappa shape index (κ2) is 6.53. The number of ether oxygens (including phenoxy) is 1. The Bertz CT molecular complexity index is 742. The number of aldehydes is 1. The highest BCUT2D eigenvalue weighted by Crippen LogP contribution is 2.33. The van der Waals surface area contributed by atoms with E-state index in [0.29, 0.717) is 36.3 Å². The maximum absolute atomic E-state index is 11.3. The molecule has 1 aromatic carbocycles. The summed E-state index contributed by atoms with van der Waals surface area (Å²) < 4.78 is 5.33. The molecule has 1 saturated heterocycles. The van der Waals surface area contributed by atoms with E-state index in [1.807, 2.05) is 0 Å². The Balaban J connectivity index is 2.07. The van der Waals surface area contributed by atoms with Crippen LogP contribution in [-0.4, -0.2) is 42.5 Å². The molecule has 0 aliphatic carbocycles. The number of hydrogen-bond donors (Lipinski definition) is 0. The number of nitrogens with zero attached hydrogens (tertiary/aromatic N) is 3. The van der Waals surface area contributed by atoms with Crippen LogP contribution in [0.1, 0.15) is 10.4 Å². The zero-order valence-electron chi connectivity index (χ0n) is 12.3. The lowest BCUT2D eigenvalue weighted by Crippen LogP contribution is -2.36. The summed E-state index contributed by atoms with van der Waals surface area (Å²) in [7, 11) is 0. The molecular formula is C16H15N3O4. The minimum absolute atomic E-state index is 0.0300. The zero-order chi connectivity index (χ0) is 16.2. The molecule has 23 heavy (non-hydrogen) atoms. The van der Waals surface area contributed by atoms with Crippen LogP contribution in [0, 0.1) is 10.1 Å². The van der Waals surface area contributed by atoms with Crippen molar-refractivity contribution in [2.75, 3.05) is 31.2 Å². The van der Waals surface area contributed by atoms with Crippen molar-refractivity contribution in [3.8, 4) is 11.3 Å². The Morgan fingerprint density at radius 3 is 2.70 bits per heavy atom. The molecule has 0 saturated carbocycles. The van der Waals surface area contributed by atoms with Crippen LogP contribution in [-0.2, 0) is 4.74 Å². The van der Waals surface area contributed by atoms with E-state index in [1.54, 1.807) is 24.3 Å². The van der Waals surface area contributed by atoms with E-state index in [-0.39, 0.29) is 5.69 Å². The number of carbonyl (C=O) groups excluding carboxylic acids is 1. The van der Waals surface area contributed by atoms with Crippen molar-refractivity contribution in [1.82, 2.24) is 4.98 Å². The number of nitro groups is 1. The number of benzene rings is 1. The average Bonchev–Trinajstić information content (AvgIpc) is 2.62. The van der Waals surface area contributed by atoms with E-state index in [2.05, 4.69) is 9.88 Å². The molecule has 1 aliphatic heterocycles. The van der Waals surface area contributed by atoms with Crippen LogP contribution in [0.5, 0.6) is 0 Å². The topological polar surface area (TPSA) is 85.6 Å². The molecule has 1 aromatic heterocycles. The van der Waals surface area contributed by atoms with Crippen LogP contribution in [0.2, 0.25) is 0 Å². The summed E-state index contributed by atoms with van der Waals surface area (Å²) in [5, 5.41) is 11.3. The lowest BCUT2D eigenvalue weighted by atomic mass is 10.1. The SMILES string of the molecule is O=Cc1ccnc(-c2cc(N3CCOCC3)ccc2[N+](=O)[O-])c1. The van der Waals surface area contributed by atoms with Gasteiger partial charge in [0.2, 0.25) is 0 Å². The van der Waals surface area contributed by atoms with E-state index in [0.717, 1.165) is 18.8 Å². The number of nitro benzene ring substituents is 1.